The van der Waals surface area contributed by atoms with Gasteiger partial charge in [0.25, 0.3) is 0 Å². The Balaban J connectivity index is 1.57. The summed E-state index contributed by atoms with van der Waals surface area (Å²) in [6, 6.07) is 7.43. The van der Waals surface area contributed by atoms with Crippen molar-refractivity contribution in [3.05, 3.63) is 47.7 Å². The SMILES string of the molecule is CCCc1nc2sc3c(NCCc4ccc(OC)c(OC)c4)ncnc3c2cc1F. The molecule has 0 atom stereocenters. The number of fused-ring (bicyclic) bond motifs is 3. The fraction of sp³-hybridized carbons (Fsp3) is 0.318. The highest BCUT2D eigenvalue weighted by atomic mass is 32.1. The summed E-state index contributed by atoms with van der Waals surface area (Å²) < 4.78 is 25.9. The van der Waals surface area contributed by atoms with Crippen LogP contribution in [0.5, 0.6) is 11.5 Å². The molecule has 4 aromatic rings. The largest absolute Gasteiger partial charge is 0.493 e. The van der Waals surface area contributed by atoms with Gasteiger partial charge in [0.1, 0.15) is 22.8 Å². The summed E-state index contributed by atoms with van der Waals surface area (Å²) in [6.45, 7) is 2.70. The first-order valence-corrected chi connectivity index (χ1v) is 10.6. The summed E-state index contributed by atoms with van der Waals surface area (Å²) in [4.78, 5) is 14.1. The Bertz CT molecular complexity index is 1190. The van der Waals surface area contributed by atoms with E-state index in [9.17, 15) is 4.39 Å². The number of thiophene rings is 1. The van der Waals surface area contributed by atoms with Crippen molar-refractivity contribution in [1.82, 2.24) is 15.0 Å². The third-order valence-corrected chi connectivity index (χ3v) is 6.01. The minimum Gasteiger partial charge on any atom is -0.493 e. The molecular weight excluding hydrogens is 403 g/mol. The first-order chi connectivity index (χ1) is 14.6. The molecule has 0 saturated carbocycles. The molecule has 8 heteroatoms. The lowest BCUT2D eigenvalue weighted by atomic mass is 10.1. The van der Waals surface area contributed by atoms with Crippen LogP contribution >= 0.6 is 11.3 Å². The summed E-state index contributed by atoms with van der Waals surface area (Å²) in [7, 11) is 3.25. The molecule has 0 aliphatic carbocycles. The van der Waals surface area contributed by atoms with E-state index in [0.717, 1.165) is 44.7 Å². The van der Waals surface area contributed by atoms with E-state index in [1.807, 2.05) is 25.1 Å². The van der Waals surface area contributed by atoms with Gasteiger partial charge in [0, 0.05) is 11.9 Å². The van der Waals surface area contributed by atoms with Crippen molar-refractivity contribution in [1.29, 1.82) is 0 Å². The van der Waals surface area contributed by atoms with E-state index < -0.39 is 0 Å². The maximum Gasteiger partial charge on any atom is 0.160 e. The lowest BCUT2D eigenvalue weighted by Crippen LogP contribution is -2.06. The number of methoxy groups -OCH3 is 2. The standard InChI is InChI=1S/C22H23FN4O2S/c1-4-5-16-15(23)11-14-19-20(30-22(14)27-16)21(26-12-25-19)24-9-8-13-6-7-17(28-2)18(10-13)29-3/h6-7,10-12H,4-5,8-9H2,1-3H3,(H,24,25,26). The molecule has 156 valence electrons. The fourth-order valence-electron chi connectivity index (χ4n) is 3.41. The van der Waals surface area contributed by atoms with Gasteiger partial charge in [0.2, 0.25) is 0 Å². The fourth-order valence-corrected chi connectivity index (χ4v) is 4.51. The smallest absolute Gasteiger partial charge is 0.160 e. The lowest BCUT2D eigenvalue weighted by molar-refractivity contribution is 0.354. The van der Waals surface area contributed by atoms with Gasteiger partial charge < -0.3 is 14.8 Å². The van der Waals surface area contributed by atoms with E-state index in [2.05, 4.69) is 20.3 Å². The van der Waals surface area contributed by atoms with Gasteiger partial charge in [0.15, 0.2) is 11.5 Å². The Hall–Kier alpha value is -3.00. The summed E-state index contributed by atoms with van der Waals surface area (Å²) in [5, 5.41) is 4.12. The Labute approximate surface area is 178 Å². The van der Waals surface area contributed by atoms with Crippen molar-refractivity contribution in [2.75, 3.05) is 26.1 Å². The quantitative estimate of drug-likeness (QED) is 0.427. The summed E-state index contributed by atoms with van der Waals surface area (Å²) >= 11 is 1.49. The Morgan fingerprint density at radius 1 is 1.07 bits per heavy atom. The predicted molar refractivity (Wildman–Crippen MR) is 118 cm³/mol. The first kappa shape index (κ1) is 20.3. The maximum atomic E-state index is 14.4. The molecule has 0 bridgehead atoms. The number of anilines is 1. The van der Waals surface area contributed by atoms with Gasteiger partial charge in [0.05, 0.1) is 30.1 Å². The number of aromatic nitrogens is 3. The molecule has 0 fully saturated rings. The molecule has 0 spiro atoms. The summed E-state index contributed by atoms with van der Waals surface area (Å²) in [5.74, 6) is 1.88. The van der Waals surface area contributed by atoms with E-state index >= 15 is 0 Å². The van der Waals surface area contributed by atoms with E-state index in [1.165, 1.54) is 17.7 Å². The lowest BCUT2D eigenvalue weighted by Gasteiger charge is -2.10. The minimum atomic E-state index is -0.273. The molecule has 1 aromatic carbocycles. The van der Waals surface area contributed by atoms with Crippen LogP contribution in [0.1, 0.15) is 24.6 Å². The molecule has 0 aliphatic rings. The average molecular weight is 427 g/mol. The molecule has 0 radical (unpaired) electrons. The van der Waals surface area contributed by atoms with Crippen molar-refractivity contribution in [2.45, 2.75) is 26.2 Å². The topological polar surface area (TPSA) is 69.2 Å². The number of aryl methyl sites for hydroxylation is 1. The normalized spacial score (nSPS) is 11.2. The van der Waals surface area contributed by atoms with Gasteiger partial charge in [-0.15, -0.1) is 11.3 Å². The zero-order valence-corrected chi connectivity index (χ0v) is 18.0. The van der Waals surface area contributed by atoms with Crippen LogP contribution in [0, 0.1) is 5.82 Å². The van der Waals surface area contributed by atoms with Gasteiger partial charge in [-0.1, -0.05) is 19.4 Å². The Morgan fingerprint density at radius 3 is 2.67 bits per heavy atom. The van der Waals surface area contributed by atoms with Crippen LogP contribution < -0.4 is 14.8 Å². The van der Waals surface area contributed by atoms with E-state index in [-0.39, 0.29) is 5.82 Å². The number of rotatable bonds is 8. The van der Waals surface area contributed by atoms with Crippen LogP contribution in [0.4, 0.5) is 10.2 Å². The zero-order chi connectivity index (χ0) is 21.1. The van der Waals surface area contributed by atoms with Crippen LogP contribution in [0.2, 0.25) is 0 Å². The minimum absolute atomic E-state index is 0.273. The molecule has 0 amide bonds. The van der Waals surface area contributed by atoms with Crippen molar-refractivity contribution < 1.29 is 13.9 Å². The third-order valence-electron chi connectivity index (χ3n) is 4.91. The van der Waals surface area contributed by atoms with Gasteiger partial charge in [-0.3, -0.25) is 0 Å². The molecule has 1 N–H and O–H groups in total. The van der Waals surface area contributed by atoms with Gasteiger partial charge >= 0.3 is 0 Å². The van der Waals surface area contributed by atoms with Crippen molar-refractivity contribution in [2.24, 2.45) is 0 Å². The van der Waals surface area contributed by atoms with Crippen molar-refractivity contribution >= 4 is 37.6 Å². The monoisotopic (exact) mass is 426 g/mol. The molecule has 0 aliphatic heterocycles. The number of benzene rings is 1. The Kier molecular flexibility index (Phi) is 5.94. The van der Waals surface area contributed by atoms with Crippen LogP contribution in [0.25, 0.3) is 20.4 Å². The van der Waals surface area contributed by atoms with Gasteiger partial charge in [-0.2, -0.15) is 0 Å². The number of ether oxygens (including phenoxy) is 2. The van der Waals surface area contributed by atoms with Crippen LogP contribution in [-0.4, -0.2) is 35.7 Å². The predicted octanol–water partition coefficient (Wildman–Crippen LogP) is 5.00. The zero-order valence-electron chi connectivity index (χ0n) is 17.2. The first-order valence-electron chi connectivity index (χ1n) is 9.82. The molecule has 3 aromatic heterocycles. The second kappa shape index (κ2) is 8.79. The second-order valence-electron chi connectivity index (χ2n) is 6.89. The van der Waals surface area contributed by atoms with Crippen LogP contribution in [0.3, 0.4) is 0 Å². The number of halogens is 1. The molecule has 4 rings (SSSR count). The highest BCUT2D eigenvalue weighted by molar-refractivity contribution is 7.25. The van der Waals surface area contributed by atoms with E-state index in [1.54, 1.807) is 20.3 Å². The van der Waals surface area contributed by atoms with E-state index in [4.69, 9.17) is 9.47 Å². The molecular formula is C22H23FN4O2S. The van der Waals surface area contributed by atoms with E-state index in [0.29, 0.717) is 30.2 Å². The molecule has 6 nitrogen and oxygen atoms in total. The molecule has 0 saturated heterocycles. The number of hydrogen-bond donors (Lipinski definition) is 1. The highest BCUT2D eigenvalue weighted by Crippen LogP contribution is 2.35. The second-order valence-corrected chi connectivity index (χ2v) is 7.89. The number of nitrogens with one attached hydrogen (secondary N) is 1. The average Bonchev–Trinajstić information content (AvgIpc) is 3.12. The van der Waals surface area contributed by atoms with Crippen LogP contribution in [-0.2, 0) is 12.8 Å². The maximum absolute atomic E-state index is 14.4. The Morgan fingerprint density at radius 2 is 1.90 bits per heavy atom. The van der Waals surface area contributed by atoms with Gasteiger partial charge in [-0.05, 0) is 36.6 Å². The number of pyridine rings is 1. The molecule has 0 unspecified atom stereocenters. The molecule has 3 heterocycles. The van der Waals surface area contributed by atoms with Crippen molar-refractivity contribution in [3.63, 3.8) is 0 Å². The summed E-state index contributed by atoms with van der Waals surface area (Å²) in [5.41, 5.74) is 2.36. The molecule has 30 heavy (non-hydrogen) atoms. The number of nitrogens with zero attached hydrogens (tertiary/aromatic N) is 3. The summed E-state index contributed by atoms with van der Waals surface area (Å²) in [6.07, 6.45) is 3.76. The number of hydrogen-bond acceptors (Lipinski definition) is 7. The highest BCUT2D eigenvalue weighted by Gasteiger charge is 2.15. The van der Waals surface area contributed by atoms with Gasteiger partial charge in [-0.25, -0.2) is 19.3 Å². The van der Waals surface area contributed by atoms with Crippen LogP contribution in [0.15, 0.2) is 30.6 Å². The third kappa shape index (κ3) is 3.87. The van der Waals surface area contributed by atoms with Crippen molar-refractivity contribution in [3.8, 4) is 11.5 Å².